The number of aromatic hydroxyl groups is 1. The Morgan fingerprint density at radius 3 is 2.53 bits per heavy atom. The highest BCUT2D eigenvalue weighted by molar-refractivity contribution is 6.35. The summed E-state index contributed by atoms with van der Waals surface area (Å²) in [5, 5.41) is 29.6. The lowest BCUT2D eigenvalue weighted by Gasteiger charge is -2.34. The van der Waals surface area contributed by atoms with Crippen molar-refractivity contribution in [1.82, 2.24) is 4.90 Å². The van der Waals surface area contributed by atoms with Crippen molar-refractivity contribution in [2.75, 3.05) is 49.6 Å². The van der Waals surface area contributed by atoms with Crippen molar-refractivity contribution in [2.45, 2.75) is 38.8 Å². The molecule has 1 aliphatic heterocycles. The zero-order chi connectivity index (χ0) is 27.2. The number of nitrogens with zero attached hydrogens (tertiary/aromatic N) is 3. The molecule has 1 atom stereocenters. The van der Waals surface area contributed by atoms with Gasteiger partial charge in [-0.15, -0.1) is 0 Å². The first kappa shape index (κ1) is 31.3. The number of likely N-dealkylation sites (N-methyl/N-ethyl adjacent to an activating group) is 1. The van der Waals surface area contributed by atoms with Crippen molar-refractivity contribution in [2.24, 2.45) is 0 Å². The second-order valence-electron chi connectivity index (χ2n) is 9.50. The highest BCUT2D eigenvalue weighted by Crippen LogP contribution is 2.29. The van der Waals surface area contributed by atoms with Gasteiger partial charge in [0.05, 0.1) is 6.61 Å². The molecule has 0 saturated carbocycles. The number of phenolic OH excluding ortho intramolecular Hbond substituents is 1. The Balaban J connectivity index is 0.00000507. The molecule has 198 valence electrons. The summed E-state index contributed by atoms with van der Waals surface area (Å²) >= 11 is 0. The van der Waals surface area contributed by atoms with Gasteiger partial charge >= 0.3 is 0 Å². The molecule has 38 heavy (non-hydrogen) atoms. The molecule has 11 heteroatoms. The van der Waals surface area contributed by atoms with Gasteiger partial charge in [0.1, 0.15) is 40.6 Å². The van der Waals surface area contributed by atoms with Crippen molar-refractivity contribution >= 4 is 46.8 Å². The summed E-state index contributed by atoms with van der Waals surface area (Å²) in [6.45, 7) is 4.02. The summed E-state index contributed by atoms with van der Waals surface area (Å²) in [6.07, 6.45) is 3.46. The Morgan fingerprint density at radius 2 is 1.89 bits per heavy atom. The van der Waals surface area contributed by atoms with E-state index in [1.54, 1.807) is 19.1 Å². The van der Waals surface area contributed by atoms with Crippen molar-refractivity contribution in [3.05, 3.63) is 53.6 Å². The van der Waals surface area contributed by atoms with E-state index in [0.29, 0.717) is 37.6 Å². The third-order valence-electron chi connectivity index (χ3n) is 6.52. The molecular formula is C27H36B3N3O5. The SMILES string of the molecule is C.[B]c1cc(N(C=O)CCN(C)c2ccc(CN3CCC=C([C@](C)(O)CO)C3)c(OC([B])[B])c2)ccc1O. The fraction of sp³-hybridized carbons (Fsp3) is 0.444. The molecule has 0 saturated heterocycles. The van der Waals surface area contributed by atoms with Crippen LogP contribution in [0.5, 0.6) is 11.5 Å². The second kappa shape index (κ2) is 13.8. The normalized spacial score (nSPS) is 15.2. The van der Waals surface area contributed by atoms with Crippen LogP contribution in [0.1, 0.15) is 26.3 Å². The molecule has 3 N–H and O–H groups in total. The van der Waals surface area contributed by atoms with Crippen LogP contribution in [0.25, 0.3) is 0 Å². The largest absolute Gasteiger partial charge is 0.509 e. The smallest absolute Gasteiger partial charge is 0.214 e. The molecule has 0 spiro atoms. The highest BCUT2D eigenvalue weighted by Gasteiger charge is 2.28. The van der Waals surface area contributed by atoms with E-state index >= 15 is 0 Å². The van der Waals surface area contributed by atoms with Crippen LogP contribution < -0.4 is 20.0 Å². The minimum atomic E-state index is -1.26. The number of phenols is 1. The van der Waals surface area contributed by atoms with Crippen molar-refractivity contribution in [3.63, 3.8) is 0 Å². The van der Waals surface area contributed by atoms with E-state index in [2.05, 4.69) is 4.90 Å². The number of amides is 1. The lowest BCUT2D eigenvalue weighted by molar-refractivity contribution is -0.107. The number of ether oxygens (including phenoxy) is 1. The maximum atomic E-state index is 11.7. The predicted octanol–water partition coefficient (Wildman–Crippen LogP) is 0.796. The Morgan fingerprint density at radius 1 is 1.18 bits per heavy atom. The fourth-order valence-corrected chi connectivity index (χ4v) is 4.19. The van der Waals surface area contributed by atoms with Gasteiger partial charge in [-0.2, -0.15) is 0 Å². The number of aliphatic hydroxyl groups excluding tert-OH is 1. The van der Waals surface area contributed by atoms with E-state index in [0.717, 1.165) is 36.2 Å². The number of hydrogen-bond donors (Lipinski definition) is 3. The van der Waals surface area contributed by atoms with Crippen molar-refractivity contribution < 1.29 is 24.9 Å². The second-order valence-corrected chi connectivity index (χ2v) is 9.50. The van der Waals surface area contributed by atoms with Crippen LogP contribution in [0.15, 0.2) is 48.0 Å². The average molecular weight is 515 g/mol. The van der Waals surface area contributed by atoms with E-state index in [1.165, 1.54) is 11.0 Å². The van der Waals surface area contributed by atoms with Gasteiger partial charge in [-0.05, 0) is 43.2 Å². The minimum absolute atomic E-state index is 0. The van der Waals surface area contributed by atoms with Gasteiger partial charge in [-0.3, -0.25) is 9.69 Å². The van der Waals surface area contributed by atoms with Gasteiger partial charge < -0.3 is 29.9 Å². The van der Waals surface area contributed by atoms with Gasteiger partial charge in [-0.25, -0.2) is 0 Å². The molecule has 2 aromatic rings. The third-order valence-corrected chi connectivity index (χ3v) is 6.52. The number of carbonyl (C=O) groups is 1. The van der Waals surface area contributed by atoms with Gasteiger partial charge in [0, 0.05) is 68.7 Å². The Bertz CT molecular complexity index is 1110. The van der Waals surface area contributed by atoms with Crippen molar-refractivity contribution in [3.8, 4) is 11.5 Å². The fourth-order valence-electron chi connectivity index (χ4n) is 4.19. The average Bonchev–Trinajstić information content (AvgIpc) is 2.87. The summed E-state index contributed by atoms with van der Waals surface area (Å²) in [5.41, 5.74) is 2.04. The molecule has 2 aromatic carbocycles. The van der Waals surface area contributed by atoms with Gasteiger partial charge in [-0.1, -0.05) is 25.0 Å². The lowest BCUT2D eigenvalue weighted by Crippen LogP contribution is -2.40. The van der Waals surface area contributed by atoms with Crippen LogP contribution in [0.3, 0.4) is 0 Å². The molecule has 8 nitrogen and oxygen atoms in total. The molecule has 1 heterocycles. The molecule has 0 bridgehead atoms. The summed E-state index contributed by atoms with van der Waals surface area (Å²) in [4.78, 5) is 17.3. The summed E-state index contributed by atoms with van der Waals surface area (Å²) in [5.74, 6) is -0.493. The standard InChI is InChI=1S/C26H32B3N3O5.CH4/c1-26(36,16-33)19-4-3-9-31(15-19)14-18-5-6-20(13-24(18)37-25(28)29)30(2)10-11-32(17-34)21-7-8-23(35)22(27)12-21;/h4-8,12-13,17,25,33,35-36H,3,9-11,14-16H2,1-2H3;1H4/t26-;/m1./s1. The Kier molecular flexibility index (Phi) is 11.4. The quantitative estimate of drug-likeness (QED) is 0.219. The van der Waals surface area contributed by atoms with Crippen LogP contribution in [-0.4, -0.2) is 102 Å². The number of aliphatic hydroxyl groups is 2. The molecule has 0 aromatic heterocycles. The molecular weight excluding hydrogens is 479 g/mol. The maximum absolute atomic E-state index is 11.7. The van der Waals surface area contributed by atoms with Crippen molar-refractivity contribution in [1.29, 1.82) is 0 Å². The van der Waals surface area contributed by atoms with Crippen LogP contribution in [0, 0.1) is 0 Å². The maximum Gasteiger partial charge on any atom is 0.214 e. The van der Waals surface area contributed by atoms with E-state index in [4.69, 9.17) is 28.3 Å². The van der Waals surface area contributed by atoms with E-state index < -0.39 is 11.5 Å². The zero-order valence-electron chi connectivity index (χ0n) is 21.4. The minimum Gasteiger partial charge on any atom is -0.509 e. The zero-order valence-corrected chi connectivity index (χ0v) is 21.4. The summed E-state index contributed by atoms with van der Waals surface area (Å²) in [6, 6.07) is 10.4. The molecule has 6 radical (unpaired) electrons. The van der Waals surface area contributed by atoms with Crippen LogP contribution in [0.2, 0.25) is 0 Å². The number of hydrogen-bond acceptors (Lipinski definition) is 7. The monoisotopic (exact) mass is 515 g/mol. The lowest BCUT2D eigenvalue weighted by atomic mass is 9.82. The first-order chi connectivity index (χ1) is 17.5. The number of anilines is 2. The highest BCUT2D eigenvalue weighted by atomic mass is 16.5. The van der Waals surface area contributed by atoms with E-state index in [9.17, 15) is 20.1 Å². The van der Waals surface area contributed by atoms with Crippen LogP contribution >= 0.6 is 0 Å². The van der Waals surface area contributed by atoms with E-state index in [1.807, 2.05) is 36.2 Å². The van der Waals surface area contributed by atoms with Gasteiger partial charge in [0.25, 0.3) is 0 Å². The number of benzene rings is 2. The topological polar surface area (TPSA) is 96.7 Å². The Labute approximate surface area is 230 Å². The van der Waals surface area contributed by atoms with Crippen LogP contribution in [-0.2, 0) is 11.3 Å². The molecule has 0 unspecified atom stereocenters. The third kappa shape index (κ3) is 8.06. The molecule has 1 aliphatic rings. The first-order valence-corrected chi connectivity index (χ1v) is 12.1. The molecule has 3 rings (SSSR count). The summed E-state index contributed by atoms with van der Waals surface area (Å²) < 4.78 is 5.73. The number of rotatable bonds is 12. The van der Waals surface area contributed by atoms with E-state index in [-0.39, 0.29) is 25.2 Å². The van der Waals surface area contributed by atoms with Crippen LogP contribution in [0.4, 0.5) is 11.4 Å². The molecule has 0 aliphatic carbocycles. The van der Waals surface area contributed by atoms with Gasteiger partial charge in [0.15, 0.2) is 0 Å². The molecule has 1 amide bonds. The summed E-state index contributed by atoms with van der Waals surface area (Å²) in [7, 11) is 19.1. The molecule has 0 fully saturated rings. The predicted molar refractivity (Wildman–Crippen MR) is 155 cm³/mol. The first-order valence-electron chi connectivity index (χ1n) is 12.1. The Hall–Kier alpha value is -2.88. The number of carbonyl (C=O) groups excluding carboxylic acids is 1. The van der Waals surface area contributed by atoms with Gasteiger partial charge in [0.2, 0.25) is 6.41 Å².